The Hall–Kier alpha value is -3.70. The summed E-state index contributed by atoms with van der Waals surface area (Å²) in [5.74, 6) is 0.394. The van der Waals surface area contributed by atoms with Gasteiger partial charge in [-0.1, -0.05) is 54.3 Å². The molecule has 2 fully saturated rings. The maximum absolute atomic E-state index is 13.5. The molecule has 0 saturated carbocycles. The third kappa shape index (κ3) is 8.26. The minimum atomic E-state index is -0.968. The van der Waals surface area contributed by atoms with Crippen molar-refractivity contribution in [2.24, 2.45) is 0 Å². The molecule has 2 saturated heterocycles. The zero-order valence-corrected chi connectivity index (χ0v) is 26.5. The van der Waals surface area contributed by atoms with Crippen LogP contribution < -0.4 is 9.47 Å². The Labute approximate surface area is 267 Å². The molecule has 230 valence electrons. The van der Waals surface area contributed by atoms with Crippen LogP contribution in [0.2, 0.25) is 0 Å². The molecule has 2 aliphatic rings. The van der Waals surface area contributed by atoms with Gasteiger partial charge in [0.2, 0.25) is 0 Å². The van der Waals surface area contributed by atoms with Gasteiger partial charge in [0.25, 0.3) is 5.91 Å². The fraction of sp³-hybridized carbons (Fsp3) is 0.324. The van der Waals surface area contributed by atoms with Crippen molar-refractivity contribution in [3.63, 3.8) is 0 Å². The summed E-state index contributed by atoms with van der Waals surface area (Å²) in [4.78, 5) is 29.1. The molecule has 0 atom stereocenters. The van der Waals surface area contributed by atoms with Crippen LogP contribution in [-0.2, 0) is 16.0 Å². The van der Waals surface area contributed by atoms with Crippen LogP contribution in [0, 0.1) is 0 Å². The number of thiocarbonyl (C=S) groups is 1. The number of thioether (sulfide) groups is 1. The van der Waals surface area contributed by atoms with Crippen LogP contribution in [0.25, 0.3) is 17.2 Å². The maximum atomic E-state index is 13.5. The van der Waals surface area contributed by atoms with Gasteiger partial charge in [0.15, 0.2) is 0 Å². The number of amides is 1. The molecule has 44 heavy (non-hydrogen) atoms. The molecule has 1 amide bonds. The van der Waals surface area contributed by atoms with Crippen LogP contribution in [0.5, 0.6) is 11.5 Å². The number of nitrogens with zero attached hydrogens (tertiary/aromatic N) is 2. The van der Waals surface area contributed by atoms with Crippen LogP contribution in [0.1, 0.15) is 35.3 Å². The Morgan fingerprint density at radius 1 is 1.02 bits per heavy atom. The van der Waals surface area contributed by atoms with E-state index >= 15 is 0 Å². The minimum absolute atomic E-state index is 0.0950. The molecule has 10 heteroatoms. The summed E-state index contributed by atoms with van der Waals surface area (Å²) < 4.78 is 18.0. The van der Waals surface area contributed by atoms with Gasteiger partial charge in [0.05, 0.1) is 29.8 Å². The molecule has 3 aromatic carbocycles. The summed E-state index contributed by atoms with van der Waals surface area (Å²) in [5.41, 5.74) is 3.98. The molecule has 0 aromatic heterocycles. The molecular weight excluding hydrogens is 597 g/mol. The minimum Gasteiger partial charge on any atom is -0.492 e. The SMILES string of the molecule is CC(C)Oc1ccc(-c2ccc(OCCN3CCOCC3)c(/C=C3\SC(=S)N(CCc4ccc(C(=O)O)cc4)C3=O)c2)cc1. The third-order valence-corrected chi connectivity index (χ3v) is 8.70. The summed E-state index contributed by atoms with van der Waals surface area (Å²) >= 11 is 6.87. The lowest BCUT2D eigenvalue weighted by molar-refractivity contribution is -0.122. The molecule has 8 nitrogen and oxygen atoms in total. The van der Waals surface area contributed by atoms with E-state index in [-0.39, 0.29) is 17.6 Å². The molecule has 5 rings (SSSR count). The number of benzene rings is 3. The molecule has 0 unspecified atom stereocenters. The van der Waals surface area contributed by atoms with Gasteiger partial charge in [-0.05, 0) is 79.4 Å². The lowest BCUT2D eigenvalue weighted by atomic mass is 10.0. The van der Waals surface area contributed by atoms with E-state index in [4.69, 9.17) is 31.5 Å². The molecule has 3 aromatic rings. The standard InChI is InChI=1S/C34H36N2O6S2/c1-23(2)42-29-10-7-25(8-11-29)27-9-12-30(41-20-17-35-15-18-40-19-16-35)28(21-27)22-31-32(37)36(34(43)44-31)14-13-24-3-5-26(6-4-24)33(38)39/h3-12,21-23H,13-20H2,1-2H3,(H,38,39)/b31-22-. The van der Waals surface area contributed by atoms with Crippen molar-refractivity contribution >= 4 is 46.3 Å². The molecule has 2 aliphatic heterocycles. The van der Waals surface area contributed by atoms with E-state index in [1.54, 1.807) is 29.2 Å². The predicted octanol–water partition coefficient (Wildman–Crippen LogP) is 5.99. The zero-order valence-electron chi connectivity index (χ0n) is 24.9. The number of hydrogen-bond acceptors (Lipinski definition) is 8. The highest BCUT2D eigenvalue weighted by Gasteiger charge is 2.32. The number of carboxylic acids is 1. The van der Waals surface area contributed by atoms with Crippen LogP contribution in [0.4, 0.5) is 0 Å². The summed E-state index contributed by atoms with van der Waals surface area (Å²) in [7, 11) is 0. The van der Waals surface area contributed by atoms with E-state index in [0.717, 1.165) is 60.9 Å². The van der Waals surface area contributed by atoms with Crippen LogP contribution in [-0.4, -0.2) is 83.2 Å². The Bertz CT molecular complexity index is 1520. The molecule has 0 radical (unpaired) electrons. The fourth-order valence-electron chi connectivity index (χ4n) is 4.97. The first-order valence-electron chi connectivity index (χ1n) is 14.7. The average molecular weight is 633 g/mol. The fourth-order valence-corrected chi connectivity index (χ4v) is 6.27. The molecule has 0 bridgehead atoms. The van der Waals surface area contributed by atoms with Gasteiger partial charge in [0, 0.05) is 31.7 Å². The average Bonchev–Trinajstić information content (AvgIpc) is 3.28. The highest BCUT2D eigenvalue weighted by Crippen LogP contribution is 2.36. The molecule has 1 N–H and O–H groups in total. The Balaban J connectivity index is 1.34. The van der Waals surface area contributed by atoms with Crippen LogP contribution >= 0.6 is 24.0 Å². The number of morpholine rings is 1. The van der Waals surface area contributed by atoms with Crippen molar-refractivity contribution in [1.82, 2.24) is 9.80 Å². The Morgan fingerprint density at radius 2 is 1.73 bits per heavy atom. The van der Waals surface area contributed by atoms with Gasteiger partial charge in [-0.2, -0.15) is 0 Å². The number of aromatic carboxylic acids is 1. The van der Waals surface area contributed by atoms with E-state index in [1.165, 1.54) is 11.8 Å². The second-order valence-electron chi connectivity index (χ2n) is 10.8. The van der Waals surface area contributed by atoms with Gasteiger partial charge >= 0.3 is 5.97 Å². The highest BCUT2D eigenvalue weighted by molar-refractivity contribution is 8.26. The van der Waals surface area contributed by atoms with Gasteiger partial charge in [-0.15, -0.1) is 0 Å². The summed E-state index contributed by atoms with van der Waals surface area (Å²) in [6.07, 6.45) is 2.52. The topological polar surface area (TPSA) is 88.5 Å². The van der Waals surface area contributed by atoms with E-state index < -0.39 is 5.97 Å². The Morgan fingerprint density at radius 3 is 2.41 bits per heavy atom. The lowest BCUT2D eigenvalue weighted by Crippen LogP contribution is -2.38. The predicted molar refractivity (Wildman–Crippen MR) is 177 cm³/mol. The summed E-state index contributed by atoms with van der Waals surface area (Å²) in [6.45, 7) is 8.95. The van der Waals surface area contributed by atoms with Gasteiger partial charge in [0.1, 0.15) is 22.4 Å². The third-order valence-electron chi connectivity index (χ3n) is 7.32. The quantitative estimate of drug-likeness (QED) is 0.191. The maximum Gasteiger partial charge on any atom is 0.335 e. The first kappa shape index (κ1) is 31.7. The second kappa shape index (κ2) is 14.9. The first-order chi connectivity index (χ1) is 21.3. The van der Waals surface area contributed by atoms with Crippen LogP contribution in [0.3, 0.4) is 0 Å². The number of carbonyl (C=O) groups is 2. The zero-order chi connectivity index (χ0) is 31.1. The van der Waals surface area contributed by atoms with Gasteiger partial charge in [-0.3, -0.25) is 14.6 Å². The molecule has 0 spiro atoms. The number of ether oxygens (including phenoxy) is 3. The molecule has 0 aliphatic carbocycles. The van der Waals surface area contributed by atoms with Crippen molar-refractivity contribution in [1.29, 1.82) is 0 Å². The normalized spacial score (nSPS) is 16.6. The second-order valence-corrected chi connectivity index (χ2v) is 12.5. The van der Waals surface area contributed by atoms with Crippen molar-refractivity contribution in [3.8, 4) is 22.6 Å². The highest BCUT2D eigenvalue weighted by atomic mass is 32.2. The number of carboxylic acid groups (broad SMARTS) is 1. The van der Waals surface area contributed by atoms with E-state index in [1.807, 2.05) is 62.4 Å². The summed E-state index contributed by atoms with van der Waals surface area (Å²) in [6, 6.07) is 20.7. The smallest absolute Gasteiger partial charge is 0.335 e. The Kier molecular flexibility index (Phi) is 10.7. The summed E-state index contributed by atoms with van der Waals surface area (Å²) in [5, 5.41) is 9.15. The lowest BCUT2D eigenvalue weighted by Gasteiger charge is -2.26. The largest absolute Gasteiger partial charge is 0.492 e. The van der Waals surface area contributed by atoms with Crippen molar-refractivity contribution in [3.05, 3.63) is 88.3 Å². The van der Waals surface area contributed by atoms with E-state index in [9.17, 15) is 9.59 Å². The van der Waals surface area contributed by atoms with E-state index in [2.05, 4.69) is 4.90 Å². The monoisotopic (exact) mass is 632 g/mol. The number of carbonyl (C=O) groups excluding carboxylic acids is 1. The van der Waals surface area contributed by atoms with Crippen molar-refractivity contribution in [2.75, 3.05) is 46.0 Å². The molecule has 2 heterocycles. The number of hydrogen-bond donors (Lipinski definition) is 1. The first-order valence-corrected chi connectivity index (χ1v) is 15.9. The molecular formula is C34H36N2O6S2. The van der Waals surface area contributed by atoms with Crippen molar-refractivity contribution < 1.29 is 28.9 Å². The van der Waals surface area contributed by atoms with E-state index in [0.29, 0.717) is 34.5 Å². The van der Waals surface area contributed by atoms with Gasteiger partial charge < -0.3 is 19.3 Å². The van der Waals surface area contributed by atoms with Crippen LogP contribution in [0.15, 0.2) is 71.6 Å². The number of rotatable bonds is 12. The van der Waals surface area contributed by atoms with Gasteiger partial charge in [-0.25, -0.2) is 4.79 Å². The van der Waals surface area contributed by atoms with Crippen molar-refractivity contribution in [2.45, 2.75) is 26.4 Å².